The van der Waals surface area contributed by atoms with E-state index >= 15 is 0 Å². The summed E-state index contributed by atoms with van der Waals surface area (Å²) in [4.78, 5) is 3.94. The Kier molecular flexibility index (Phi) is 1.81. The van der Waals surface area contributed by atoms with E-state index < -0.39 is 5.82 Å². The number of nitrogen functional groups attached to an aromatic ring is 1. The molecule has 0 saturated carbocycles. The Balaban J connectivity index is 2.89. The monoisotopic (exact) mass is 196 g/mol. The molecule has 2 rings (SSSR count). The number of anilines is 1. The zero-order chi connectivity index (χ0) is 9.42. The largest absolute Gasteiger partial charge is 0.384 e. The molecule has 13 heavy (non-hydrogen) atoms. The average Bonchev–Trinajstić information content (AvgIpc) is 2.12. The highest BCUT2D eigenvalue weighted by Gasteiger charge is 2.05. The van der Waals surface area contributed by atoms with E-state index in [0.29, 0.717) is 11.3 Å². The molecule has 0 aliphatic heterocycles. The minimum absolute atomic E-state index is 0.0183. The molecular weight excluding hydrogens is 191 g/mol. The van der Waals surface area contributed by atoms with Crippen molar-refractivity contribution in [2.75, 3.05) is 5.73 Å². The topological polar surface area (TPSA) is 38.9 Å². The van der Waals surface area contributed by atoms with Gasteiger partial charge >= 0.3 is 0 Å². The summed E-state index contributed by atoms with van der Waals surface area (Å²) >= 11 is 5.70. The fourth-order valence-electron chi connectivity index (χ4n) is 1.14. The van der Waals surface area contributed by atoms with Crippen molar-refractivity contribution in [1.82, 2.24) is 4.98 Å². The second-order valence-electron chi connectivity index (χ2n) is 2.67. The van der Waals surface area contributed by atoms with Gasteiger partial charge in [-0.2, -0.15) is 0 Å². The van der Waals surface area contributed by atoms with Crippen molar-refractivity contribution in [2.24, 2.45) is 0 Å². The first kappa shape index (κ1) is 8.26. The fraction of sp³-hybridized carbons (Fsp3) is 0. The molecule has 2 aromatic rings. The van der Waals surface area contributed by atoms with E-state index in [9.17, 15) is 4.39 Å². The molecule has 0 amide bonds. The summed E-state index contributed by atoms with van der Waals surface area (Å²) in [5, 5.41) is 0.797. The number of rotatable bonds is 0. The van der Waals surface area contributed by atoms with Crippen molar-refractivity contribution < 1.29 is 4.39 Å². The molecule has 2 N–H and O–H groups in total. The van der Waals surface area contributed by atoms with Gasteiger partial charge in [-0.05, 0) is 24.3 Å². The van der Waals surface area contributed by atoms with E-state index in [1.807, 2.05) is 0 Å². The van der Waals surface area contributed by atoms with Crippen LogP contribution in [0, 0.1) is 5.82 Å². The third-order valence-electron chi connectivity index (χ3n) is 1.77. The summed E-state index contributed by atoms with van der Waals surface area (Å²) < 4.78 is 13.0. The van der Waals surface area contributed by atoms with Gasteiger partial charge in [0.1, 0.15) is 16.7 Å². The molecule has 0 unspecified atom stereocenters. The number of pyridine rings is 1. The Bertz CT molecular complexity index is 465. The van der Waals surface area contributed by atoms with Crippen LogP contribution < -0.4 is 5.73 Å². The second kappa shape index (κ2) is 2.85. The standard InChI is InChI=1S/C9H6ClFN2/c10-8-6(11)3-1-5-2-4-7(12)13-9(5)8/h1-4H,(H2,12,13). The maximum absolute atomic E-state index is 13.0. The first-order valence-electron chi connectivity index (χ1n) is 3.69. The van der Waals surface area contributed by atoms with Crippen molar-refractivity contribution in [3.63, 3.8) is 0 Å². The number of aromatic nitrogens is 1. The zero-order valence-corrected chi connectivity index (χ0v) is 7.35. The zero-order valence-electron chi connectivity index (χ0n) is 6.59. The Morgan fingerprint density at radius 1 is 1.23 bits per heavy atom. The van der Waals surface area contributed by atoms with Crippen LogP contribution in [-0.4, -0.2) is 4.98 Å². The smallest absolute Gasteiger partial charge is 0.144 e. The van der Waals surface area contributed by atoms with Crippen LogP contribution in [0.5, 0.6) is 0 Å². The van der Waals surface area contributed by atoms with Crippen LogP contribution in [0.1, 0.15) is 0 Å². The number of nitrogens with two attached hydrogens (primary N) is 1. The lowest BCUT2D eigenvalue weighted by Crippen LogP contribution is -1.91. The van der Waals surface area contributed by atoms with Gasteiger partial charge in [0.2, 0.25) is 0 Å². The van der Waals surface area contributed by atoms with Gasteiger partial charge in [-0.25, -0.2) is 9.37 Å². The molecule has 2 nitrogen and oxygen atoms in total. The molecule has 0 spiro atoms. The Hall–Kier alpha value is -1.35. The van der Waals surface area contributed by atoms with Crippen molar-refractivity contribution in [3.8, 4) is 0 Å². The Labute approximate surface area is 79.1 Å². The number of hydrogen-bond donors (Lipinski definition) is 1. The molecule has 0 saturated heterocycles. The maximum atomic E-state index is 13.0. The number of halogens is 2. The highest BCUT2D eigenvalue weighted by Crippen LogP contribution is 2.25. The summed E-state index contributed by atoms with van der Waals surface area (Å²) in [5.41, 5.74) is 5.85. The minimum Gasteiger partial charge on any atom is -0.384 e. The number of hydrogen-bond acceptors (Lipinski definition) is 2. The lowest BCUT2D eigenvalue weighted by atomic mass is 10.2. The van der Waals surface area contributed by atoms with Gasteiger partial charge in [-0.1, -0.05) is 11.6 Å². The average molecular weight is 197 g/mol. The van der Waals surface area contributed by atoms with Gasteiger partial charge in [0.15, 0.2) is 0 Å². The predicted octanol–water partition coefficient (Wildman–Crippen LogP) is 2.61. The third-order valence-corrected chi connectivity index (χ3v) is 2.13. The van der Waals surface area contributed by atoms with Crippen LogP contribution in [0.2, 0.25) is 5.02 Å². The normalized spacial score (nSPS) is 10.6. The summed E-state index contributed by atoms with van der Waals surface area (Å²) in [6, 6.07) is 6.32. The number of benzene rings is 1. The van der Waals surface area contributed by atoms with Crippen LogP contribution in [-0.2, 0) is 0 Å². The van der Waals surface area contributed by atoms with Gasteiger partial charge in [-0.3, -0.25) is 0 Å². The second-order valence-corrected chi connectivity index (χ2v) is 3.05. The van der Waals surface area contributed by atoms with Crippen molar-refractivity contribution >= 4 is 28.3 Å². The minimum atomic E-state index is -0.479. The maximum Gasteiger partial charge on any atom is 0.144 e. The molecule has 0 radical (unpaired) electrons. The first-order valence-corrected chi connectivity index (χ1v) is 4.06. The van der Waals surface area contributed by atoms with E-state index in [0.717, 1.165) is 5.39 Å². The van der Waals surface area contributed by atoms with E-state index in [4.69, 9.17) is 17.3 Å². The summed E-state index contributed by atoms with van der Waals surface area (Å²) in [7, 11) is 0. The molecule has 1 aromatic carbocycles. The van der Waals surface area contributed by atoms with E-state index in [1.165, 1.54) is 6.07 Å². The molecule has 0 bridgehead atoms. The first-order chi connectivity index (χ1) is 6.18. The van der Waals surface area contributed by atoms with Gasteiger partial charge in [-0.15, -0.1) is 0 Å². The number of nitrogens with zero attached hydrogens (tertiary/aromatic N) is 1. The molecule has 4 heteroatoms. The van der Waals surface area contributed by atoms with Gasteiger partial charge in [0, 0.05) is 5.39 Å². The molecule has 0 aliphatic rings. The van der Waals surface area contributed by atoms with E-state index in [-0.39, 0.29) is 5.02 Å². The van der Waals surface area contributed by atoms with E-state index in [1.54, 1.807) is 18.2 Å². The van der Waals surface area contributed by atoms with Crippen molar-refractivity contribution in [2.45, 2.75) is 0 Å². The van der Waals surface area contributed by atoms with Crippen LogP contribution in [0.15, 0.2) is 24.3 Å². The predicted molar refractivity (Wildman–Crippen MR) is 51.1 cm³/mol. The van der Waals surface area contributed by atoms with Crippen LogP contribution in [0.3, 0.4) is 0 Å². The van der Waals surface area contributed by atoms with Crippen LogP contribution >= 0.6 is 11.6 Å². The highest BCUT2D eigenvalue weighted by molar-refractivity contribution is 6.35. The summed E-state index contributed by atoms with van der Waals surface area (Å²) in [5.74, 6) is -0.146. The molecule has 1 aromatic heterocycles. The summed E-state index contributed by atoms with van der Waals surface area (Å²) in [6.07, 6.45) is 0. The van der Waals surface area contributed by atoms with Crippen LogP contribution in [0.25, 0.3) is 10.9 Å². The molecular formula is C9H6ClFN2. The fourth-order valence-corrected chi connectivity index (χ4v) is 1.36. The SMILES string of the molecule is Nc1ccc2ccc(F)c(Cl)c2n1. The number of fused-ring (bicyclic) bond motifs is 1. The summed E-state index contributed by atoms with van der Waals surface area (Å²) in [6.45, 7) is 0. The van der Waals surface area contributed by atoms with Gasteiger partial charge in [0.05, 0.1) is 5.52 Å². The molecule has 0 atom stereocenters. The Morgan fingerprint density at radius 3 is 2.69 bits per heavy atom. The van der Waals surface area contributed by atoms with E-state index in [2.05, 4.69) is 4.98 Å². The van der Waals surface area contributed by atoms with Gasteiger partial charge in [0.25, 0.3) is 0 Å². The van der Waals surface area contributed by atoms with Crippen molar-refractivity contribution in [1.29, 1.82) is 0 Å². The Morgan fingerprint density at radius 2 is 1.92 bits per heavy atom. The third kappa shape index (κ3) is 1.31. The molecule has 0 fully saturated rings. The lowest BCUT2D eigenvalue weighted by Gasteiger charge is -2.01. The van der Waals surface area contributed by atoms with Crippen LogP contribution in [0.4, 0.5) is 10.2 Å². The lowest BCUT2D eigenvalue weighted by molar-refractivity contribution is 0.630. The molecule has 66 valence electrons. The quantitative estimate of drug-likeness (QED) is 0.704. The van der Waals surface area contributed by atoms with Gasteiger partial charge < -0.3 is 5.73 Å². The molecule has 1 heterocycles. The molecule has 0 aliphatic carbocycles. The van der Waals surface area contributed by atoms with Crippen molar-refractivity contribution in [3.05, 3.63) is 35.1 Å². The highest BCUT2D eigenvalue weighted by atomic mass is 35.5.